The molecule has 1 amide bonds. The molecule has 5 nitrogen and oxygen atoms in total. The maximum absolute atomic E-state index is 12.2. The molecule has 1 fully saturated rings. The lowest BCUT2D eigenvalue weighted by Crippen LogP contribution is -2.39. The van der Waals surface area contributed by atoms with E-state index in [1.807, 2.05) is 11.8 Å². The van der Waals surface area contributed by atoms with Gasteiger partial charge in [-0.05, 0) is 31.7 Å². The molecular weight excluding hydrogens is 230 g/mol. The van der Waals surface area contributed by atoms with Gasteiger partial charge in [0.2, 0.25) is 0 Å². The van der Waals surface area contributed by atoms with Crippen LogP contribution < -0.4 is 5.56 Å². The monoisotopic (exact) mass is 249 g/mol. The number of carbonyl (C=O) groups is 1. The molecule has 0 atom stereocenters. The topological polar surface area (TPSA) is 55.2 Å². The molecule has 0 N–H and O–H groups in total. The first-order valence-corrected chi connectivity index (χ1v) is 6.49. The zero-order valence-corrected chi connectivity index (χ0v) is 10.9. The van der Waals surface area contributed by atoms with Crippen LogP contribution in [-0.2, 0) is 6.54 Å². The highest BCUT2D eigenvalue weighted by atomic mass is 16.2. The summed E-state index contributed by atoms with van der Waals surface area (Å²) in [4.78, 5) is 25.5. The molecule has 18 heavy (non-hydrogen) atoms. The molecule has 5 heteroatoms. The highest BCUT2D eigenvalue weighted by Crippen LogP contribution is 2.17. The maximum atomic E-state index is 12.2. The lowest BCUT2D eigenvalue weighted by molar-refractivity contribution is 0.0688. The van der Waals surface area contributed by atoms with Crippen LogP contribution in [0.4, 0.5) is 0 Å². The van der Waals surface area contributed by atoms with Crippen LogP contribution in [0.2, 0.25) is 0 Å². The summed E-state index contributed by atoms with van der Waals surface area (Å²) >= 11 is 0. The number of amides is 1. The van der Waals surface area contributed by atoms with E-state index in [9.17, 15) is 9.59 Å². The molecule has 0 bridgehead atoms. The van der Waals surface area contributed by atoms with Crippen LogP contribution in [0.15, 0.2) is 16.9 Å². The number of likely N-dealkylation sites (tertiary alicyclic amines) is 1. The zero-order chi connectivity index (χ0) is 13.1. The van der Waals surface area contributed by atoms with Crippen molar-refractivity contribution in [1.82, 2.24) is 14.7 Å². The van der Waals surface area contributed by atoms with Gasteiger partial charge in [-0.25, -0.2) is 4.68 Å². The normalized spacial score (nSPS) is 16.9. The van der Waals surface area contributed by atoms with Crippen molar-refractivity contribution in [2.24, 2.45) is 5.92 Å². The average molecular weight is 249 g/mol. The SMILES string of the molecule is CCn1nc(C(=O)N2CCC(C)CC2)ccc1=O. The van der Waals surface area contributed by atoms with Gasteiger partial charge in [0.05, 0.1) is 0 Å². The Labute approximate surface area is 106 Å². The molecule has 2 rings (SSSR count). The molecule has 0 saturated carbocycles. The second-order valence-corrected chi connectivity index (χ2v) is 4.85. The van der Waals surface area contributed by atoms with Gasteiger partial charge in [-0.15, -0.1) is 0 Å². The lowest BCUT2D eigenvalue weighted by atomic mass is 9.99. The molecule has 1 aromatic rings. The summed E-state index contributed by atoms with van der Waals surface area (Å²) < 4.78 is 1.32. The number of nitrogens with zero attached hydrogens (tertiary/aromatic N) is 3. The number of rotatable bonds is 2. The minimum Gasteiger partial charge on any atom is -0.337 e. The van der Waals surface area contributed by atoms with Gasteiger partial charge in [0.1, 0.15) is 5.69 Å². The first kappa shape index (κ1) is 12.8. The summed E-state index contributed by atoms with van der Waals surface area (Å²) in [5.74, 6) is 0.621. The minimum absolute atomic E-state index is 0.0656. The van der Waals surface area contributed by atoms with E-state index in [0.29, 0.717) is 18.2 Å². The number of hydrogen-bond acceptors (Lipinski definition) is 3. The average Bonchev–Trinajstić information content (AvgIpc) is 2.39. The van der Waals surface area contributed by atoms with Gasteiger partial charge in [-0.1, -0.05) is 6.92 Å². The van der Waals surface area contributed by atoms with E-state index in [2.05, 4.69) is 12.0 Å². The highest BCUT2D eigenvalue weighted by molar-refractivity contribution is 5.92. The van der Waals surface area contributed by atoms with Crippen molar-refractivity contribution >= 4 is 5.91 Å². The Hall–Kier alpha value is -1.65. The second-order valence-electron chi connectivity index (χ2n) is 4.85. The van der Waals surface area contributed by atoms with Crippen molar-refractivity contribution < 1.29 is 4.79 Å². The van der Waals surface area contributed by atoms with Gasteiger partial charge in [-0.3, -0.25) is 9.59 Å². The van der Waals surface area contributed by atoms with Crippen LogP contribution in [0.5, 0.6) is 0 Å². The fraction of sp³-hybridized carbons (Fsp3) is 0.615. The standard InChI is InChI=1S/C13H19N3O2/c1-3-16-12(17)5-4-11(14-16)13(18)15-8-6-10(2)7-9-15/h4-5,10H,3,6-9H2,1-2H3. The number of carbonyl (C=O) groups excluding carboxylic acids is 1. The van der Waals surface area contributed by atoms with Crippen LogP contribution in [0, 0.1) is 5.92 Å². The van der Waals surface area contributed by atoms with Crippen LogP contribution >= 0.6 is 0 Å². The van der Waals surface area contributed by atoms with Crippen LogP contribution in [0.25, 0.3) is 0 Å². The number of aromatic nitrogens is 2. The van der Waals surface area contributed by atoms with Gasteiger partial charge >= 0.3 is 0 Å². The van der Waals surface area contributed by atoms with E-state index in [4.69, 9.17) is 0 Å². The molecule has 2 heterocycles. The van der Waals surface area contributed by atoms with E-state index >= 15 is 0 Å². The van der Waals surface area contributed by atoms with Crippen molar-refractivity contribution in [3.63, 3.8) is 0 Å². The number of aryl methyl sites for hydroxylation is 1. The molecule has 0 radical (unpaired) electrons. The first-order chi connectivity index (χ1) is 8.61. The largest absolute Gasteiger partial charge is 0.337 e. The summed E-state index contributed by atoms with van der Waals surface area (Å²) in [5.41, 5.74) is 0.201. The predicted molar refractivity (Wildman–Crippen MR) is 68.5 cm³/mol. The van der Waals surface area contributed by atoms with Gasteiger partial charge in [-0.2, -0.15) is 5.10 Å². The van der Waals surface area contributed by atoms with Crippen molar-refractivity contribution in [2.45, 2.75) is 33.2 Å². The Kier molecular flexibility index (Phi) is 3.79. The molecule has 1 aliphatic rings. The van der Waals surface area contributed by atoms with Gasteiger partial charge in [0.15, 0.2) is 0 Å². The molecule has 1 saturated heterocycles. The Morgan fingerprint density at radius 3 is 2.67 bits per heavy atom. The van der Waals surface area contributed by atoms with Crippen LogP contribution in [-0.4, -0.2) is 33.7 Å². The molecule has 1 aromatic heterocycles. The van der Waals surface area contributed by atoms with E-state index in [-0.39, 0.29) is 11.5 Å². The molecule has 98 valence electrons. The van der Waals surface area contributed by atoms with E-state index in [1.54, 1.807) is 0 Å². The molecule has 0 spiro atoms. The fourth-order valence-corrected chi connectivity index (χ4v) is 2.16. The fourth-order valence-electron chi connectivity index (χ4n) is 2.16. The lowest BCUT2D eigenvalue weighted by Gasteiger charge is -2.30. The van der Waals surface area contributed by atoms with E-state index in [1.165, 1.54) is 16.8 Å². The molecule has 1 aliphatic heterocycles. The summed E-state index contributed by atoms with van der Waals surface area (Å²) in [6, 6.07) is 2.94. The van der Waals surface area contributed by atoms with Crippen molar-refractivity contribution in [3.8, 4) is 0 Å². The Morgan fingerprint density at radius 1 is 1.39 bits per heavy atom. The zero-order valence-electron chi connectivity index (χ0n) is 10.9. The van der Waals surface area contributed by atoms with Gasteiger partial charge < -0.3 is 4.90 Å². The molecule has 0 unspecified atom stereocenters. The van der Waals surface area contributed by atoms with Crippen molar-refractivity contribution in [3.05, 3.63) is 28.2 Å². The van der Waals surface area contributed by atoms with Crippen molar-refractivity contribution in [1.29, 1.82) is 0 Å². The molecular formula is C13H19N3O2. The first-order valence-electron chi connectivity index (χ1n) is 6.49. The predicted octanol–water partition coefficient (Wildman–Crippen LogP) is 1.14. The maximum Gasteiger partial charge on any atom is 0.274 e. The summed E-state index contributed by atoms with van der Waals surface area (Å²) in [5, 5.41) is 4.10. The van der Waals surface area contributed by atoms with E-state index < -0.39 is 0 Å². The van der Waals surface area contributed by atoms with Gasteiger partial charge in [0.25, 0.3) is 11.5 Å². The molecule has 0 aromatic carbocycles. The minimum atomic E-state index is -0.165. The Bertz CT molecular complexity index is 487. The van der Waals surface area contributed by atoms with E-state index in [0.717, 1.165) is 25.9 Å². The number of piperidine rings is 1. The quantitative estimate of drug-likeness (QED) is 0.789. The third-order valence-corrected chi connectivity index (χ3v) is 3.46. The third-order valence-electron chi connectivity index (χ3n) is 3.46. The highest BCUT2D eigenvalue weighted by Gasteiger charge is 2.22. The second kappa shape index (κ2) is 5.33. The summed E-state index contributed by atoms with van der Waals surface area (Å²) in [7, 11) is 0. The smallest absolute Gasteiger partial charge is 0.274 e. The van der Waals surface area contributed by atoms with Gasteiger partial charge in [0, 0.05) is 25.7 Å². The third kappa shape index (κ3) is 2.60. The Morgan fingerprint density at radius 2 is 2.06 bits per heavy atom. The van der Waals surface area contributed by atoms with Crippen molar-refractivity contribution in [2.75, 3.05) is 13.1 Å². The van der Waals surface area contributed by atoms with Crippen LogP contribution in [0.3, 0.4) is 0 Å². The molecule has 0 aliphatic carbocycles. The van der Waals surface area contributed by atoms with Crippen LogP contribution in [0.1, 0.15) is 37.2 Å². The Balaban J connectivity index is 2.16. The summed E-state index contributed by atoms with van der Waals surface area (Å²) in [6.45, 7) is 6.10. The summed E-state index contributed by atoms with van der Waals surface area (Å²) in [6.07, 6.45) is 2.08. The number of hydrogen-bond donors (Lipinski definition) is 0.